The molecular formula is C28H34N2O3S. The van der Waals surface area contributed by atoms with Gasteiger partial charge < -0.3 is 14.5 Å². The van der Waals surface area contributed by atoms with Crippen molar-refractivity contribution in [1.82, 2.24) is 9.80 Å². The van der Waals surface area contributed by atoms with Gasteiger partial charge in [0, 0.05) is 37.1 Å². The second kappa shape index (κ2) is 10.0. The number of hydrogen-bond acceptors (Lipinski definition) is 4. The van der Waals surface area contributed by atoms with E-state index in [0.29, 0.717) is 12.2 Å². The Morgan fingerprint density at radius 1 is 1.09 bits per heavy atom. The molecule has 2 fully saturated rings. The van der Waals surface area contributed by atoms with Gasteiger partial charge in [0.1, 0.15) is 5.75 Å². The summed E-state index contributed by atoms with van der Waals surface area (Å²) >= 11 is 1.90. The number of thioether (sulfide) groups is 1. The molecule has 5 nitrogen and oxygen atoms in total. The van der Waals surface area contributed by atoms with Crippen LogP contribution in [0.5, 0.6) is 5.75 Å². The van der Waals surface area contributed by atoms with Crippen molar-refractivity contribution in [3.8, 4) is 5.75 Å². The molecule has 6 heteroatoms. The van der Waals surface area contributed by atoms with Crippen LogP contribution in [0.3, 0.4) is 0 Å². The average Bonchev–Trinajstić information content (AvgIpc) is 3.72. The van der Waals surface area contributed by atoms with Gasteiger partial charge in [-0.3, -0.25) is 9.59 Å². The monoisotopic (exact) mass is 478 g/mol. The van der Waals surface area contributed by atoms with E-state index in [1.54, 1.807) is 0 Å². The third-order valence-electron chi connectivity index (χ3n) is 7.16. The minimum absolute atomic E-state index is 0.0845. The number of aryl methyl sites for hydroxylation is 1. The second-order valence-corrected chi connectivity index (χ2v) is 10.9. The highest BCUT2D eigenvalue weighted by Gasteiger charge is 2.39. The number of rotatable bonds is 6. The van der Waals surface area contributed by atoms with E-state index >= 15 is 0 Å². The maximum atomic E-state index is 13.3. The minimum Gasteiger partial charge on any atom is -0.481 e. The molecular weight excluding hydrogens is 444 g/mol. The summed E-state index contributed by atoms with van der Waals surface area (Å²) in [6.45, 7) is 6.42. The lowest BCUT2D eigenvalue weighted by molar-refractivity contribution is -0.138. The Labute approximate surface area is 206 Å². The van der Waals surface area contributed by atoms with Gasteiger partial charge in [0.2, 0.25) is 5.91 Å². The lowest BCUT2D eigenvalue weighted by atomic mass is 9.87. The van der Waals surface area contributed by atoms with E-state index in [4.69, 9.17) is 4.74 Å². The summed E-state index contributed by atoms with van der Waals surface area (Å²) in [5, 5.41) is 0. The first-order chi connectivity index (χ1) is 16.5. The molecule has 1 saturated heterocycles. The standard InChI is InChI=1S/C28H34N2O3S/c1-3-25(28(32)29-13-15-34-16-14-29)33-23-10-9-20-11-12-30(27(31)21-7-8-21)26(24(20)18-23)22-6-4-5-19(2)17-22/h4-6,9-10,17-18,21,25-26H,3,7-8,11-16H2,1-2H3/t25-,26+/m1/s1. The highest BCUT2D eigenvalue weighted by atomic mass is 32.2. The predicted octanol–water partition coefficient (Wildman–Crippen LogP) is 4.61. The van der Waals surface area contributed by atoms with Crippen LogP contribution in [0.2, 0.25) is 0 Å². The molecule has 0 radical (unpaired) electrons. The third-order valence-corrected chi connectivity index (χ3v) is 8.10. The van der Waals surface area contributed by atoms with Gasteiger partial charge in [0.15, 0.2) is 6.10 Å². The number of carbonyl (C=O) groups excluding carboxylic acids is 2. The number of nitrogens with zero attached hydrogens (tertiary/aromatic N) is 2. The number of amides is 2. The van der Waals surface area contributed by atoms with Gasteiger partial charge in [-0.25, -0.2) is 0 Å². The zero-order valence-electron chi connectivity index (χ0n) is 20.2. The van der Waals surface area contributed by atoms with Crippen molar-refractivity contribution in [2.45, 2.75) is 51.7 Å². The fraction of sp³-hybridized carbons (Fsp3) is 0.500. The molecule has 0 spiro atoms. The van der Waals surface area contributed by atoms with Crippen molar-refractivity contribution >= 4 is 23.6 Å². The van der Waals surface area contributed by atoms with Crippen LogP contribution in [-0.2, 0) is 16.0 Å². The highest BCUT2D eigenvalue weighted by molar-refractivity contribution is 7.99. The molecule has 1 saturated carbocycles. The largest absolute Gasteiger partial charge is 0.481 e. The fourth-order valence-electron chi connectivity index (χ4n) is 5.13. The van der Waals surface area contributed by atoms with E-state index in [9.17, 15) is 9.59 Å². The Balaban J connectivity index is 1.45. The molecule has 1 aliphatic carbocycles. The van der Waals surface area contributed by atoms with Gasteiger partial charge >= 0.3 is 0 Å². The van der Waals surface area contributed by atoms with Crippen molar-refractivity contribution in [1.29, 1.82) is 0 Å². The minimum atomic E-state index is -0.480. The molecule has 180 valence electrons. The Bertz CT molecular complexity index is 1060. The van der Waals surface area contributed by atoms with Crippen LogP contribution in [0, 0.1) is 12.8 Å². The predicted molar refractivity (Wildman–Crippen MR) is 136 cm³/mol. The van der Waals surface area contributed by atoms with Gasteiger partial charge in [-0.05, 0) is 61.4 Å². The molecule has 2 aliphatic heterocycles. The van der Waals surface area contributed by atoms with E-state index in [0.717, 1.165) is 61.5 Å². The van der Waals surface area contributed by atoms with Crippen LogP contribution >= 0.6 is 11.8 Å². The van der Waals surface area contributed by atoms with Crippen LogP contribution < -0.4 is 4.74 Å². The summed E-state index contributed by atoms with van der Waals surface area (Å²) < 4.78 is 6.31. The lowest BCUT2D eigenvalue weighted by Crippen LogP contribution is -2.45. The quantitative estimate of drug-likeness (QED) is 0.608. The van der Waals surface area contributed by atoms with E-state index < -0.39 is 6.10 Å². The molecule has 0 N–H and O–H groups in total. The zero-order valence-corrected chi connectivity index (χ0v) is 21.0. The zero-order chi connectivity index (χ0) is 23.7. The smallest absolute Gasteiger partial charge is 0.263 e. The van der Waals surface area contributed by atoms with Crippen LogP contribution in [0.15, 0.2) is 42.5 Å². The maximum Gasteiger partial charge on any atom is 0.263 e. The highest BCUT2D eigenvalue weighted by Crippen LogP contribution is 2.41. The van der Waals surface area contributed by atoms with Crippen molar-refractivity contribution in [2.24, 2.45) is 5.92 Å². The van der Waals surface area contributed by atoms with Crippen molar-refractivity contribution < 1.29 is 14.3 Å². The molecule has 0 bridgehead atoms. The molecule has 0 aromatic heterocycles. The first-order valence-corrected chi connectivity index (χ1v) is 13.7. The number of hydrogen-bond donors (Lipinski definition) is 0. The van der Waals surface area contributed by atoms with Crippen LogP contribution in [0.25, 0.3) is 0 Å². The summed E-state index contributed by atoms with van der Waals surface area (Å²) in [4.78, 5) is 30.4. The first-order valence-electron chi connectivity index (χ1n) is 12.6. The van der Waals surface area contributed by atoms with Crippen LogP contribution in [0.4, 0.5) is 0 Å². The summed E-state index contributed by atoms with van der Waals surface area (Å²) in [6, 6.07) is 14.6. The Hall–Kier alpha value is -2.47. The molecule has 2 amide bonds. The van der Waals surface area contributed by atoms with E-state index in [1.165, 1.54) is 11.1 Å². The van der Waals surface area contributed by atoms with E-state index in [2.05, 4.69) is 48.2 Å². The Kier molecular flexibility index (Phi) is 6.87. The molecule has 2 atom stereocenters. The van der Waals surface area contributed by atoms with Gasteiger partial charge in [0.05, 0.1) is 6.04 Å². The average molecular weight is 479 g/mol. The molecule has 2 aromatic carbocycles. The van der Waals surface area contributed by atoms with Crippen molar-refractivity contribution in [3.05, 3.63) is 64.7 Å². The number of benzene rings is 2. The van der Waals surface area contributed by atoms with Crippen molar-refractivity contribution in [3.63, 3.8) is 0 Å². The van der Waals surface area contributed by atoms with Gasteiger partial charge in [0.25, 0.3) is 5.91 Å². The summed E-state index contributed by atoms with van der Waals surface area (Å²) in [5.74, 6) is 3.23. The molecule has 3 aliphatic rings. The Morgan fingerprint density at radius 2 is 1.88 bits per heavy atom. The van der Waals surface area contributed by atoms with Gasteiger partial charge in [-0.2, -0.15) is 11.8 Å². The summed E-state index contributed by atoms with van der Waals surface area (Å²) in [5.41, 5.74) is 4.71. The number of fused-ring (bicyclic) bond motifs is 1. The lowest BCUT2D eigenvalue weighted by Gasteiger charge is -2.38. The maximum absolute atomic E-state index is 13.3. The van der Waals surface area contributed by atoms with Crippen LogP contribution in [-0.4, -0.2) is 58.9 Å². The topological polar surface area (TPSA) is 49.9 Å². The molecule has 2 heterocycles. The van der Waals surface area contributed by atoms with E-state index in [1.807, 2.05) is 29.7 Å². The number of carbonyl (C=O) groups is 2. The van der Waals surface area contributed by atoms with Crippen LogP contribution in [0.1, 0.15) is 54.5 Å². The second-order valence-electron chi connectivity index (χ2n) is 9.69. The summed E-state index contributed by atoms with van der Waals surface area (Å²) in [7, 11) is 0. The van der Waals surface area contributed by atoms with Gasteiger partial charge in [-0.1, -0.05) is 42.8 Å². The normalized spacial score (nSPS) is 21.1. The Morgan fingerprint density at radius 3 is 2.59 bits per heavy atom. The van der Waals surface area contributed by atoms with E-state index in [-0.39, 0.29) is 23.8 Å². The molecule has 2 aromatic rings. The number of ether oxygens (including phenoxy) is 1. The first kappa shape index (κ1) is 23.3. The SMILES string of the molecule is CC[C@@H](Oc1ccc2c(c1)[C@H](c1cccc(C)c1)N(C(=O)C1CC1)CC2)C(=O)N1CCSCC1. The van der Waals surface area contributed by atoms with Crippen molar-refractivity contribution in [2.75, 3.05) is 31.1 Å². The van der Waals surface area contributed by atoms with Gasteiger partial charge in [-0.15, -0.1) is 0 Å². The fourth-order valence-corrected chi connectivity index (χ4v) is 6.03. The summed E-state index contributed by atoms with van der Waals surface area (Å²) in [6.07, 6.45) is 3.00. The molecule has 5 rings (SSSR count). The molecule has 0 unspecified atom stereocenters. The third kappa shape index (κ3) is 4.83. The molecule has 34 heavy (non-hydrogen) atoms.